The molecule has 1 atom stereocenters. The SMILES string of the molecule is C[C@@H](CCO)n1/c(=N/C(=O)c2cccc(C(F)F)c2)[nH]c2cc(N3CCOCC3=O)ccc21. The molecule has 0 unspecified atom stereocenters. The highest BCUT2D eigenvalue weighted by Gasteiger charge is 2.22. The first-order chi connectivity index (χ1) is 15.9. The summed E-state index contributed by atoms with van der Waals surface area (Å²) in [5.41, 5.74) is 2.07. The highest BCUT2D eigenvalue weighted by Crippen LogP contribution is 2.24. The number of morpholine rings is 1. The van der Waals surface area contributed by atoms with Gasteiger partial charge in [0.05, 0.1) is 17.6 Å². The molecular weight excluding hydrogens is 434 g/mol. The maximum absolute atomic E-state index is 13.0. The first kappa shape index (κ1) is 22.8. The lowest BCUT2D eigenvalue weighted by Crippen LogP contribution is -2.41. The van der Waals surface area contributed by atoms with E-state index in [9.17, 15) is 23.5 Å². The number of rotatable bonds is 6. The third-order valence-electron chi connectivity index (χ3n) is 5.59. The van der Waals surface area contributed by atoms with Gasteiger partial charge in [0.1, 0.15) is 6.61 Å². The van der Waals surface area contributed by atoms with Gasteiger partial charge in [0, 0.05) is 36.0 Å². The van der Waals surface area contributed by atoms with E-state index in [0.717, 1.165) is 11.6 Å². The normalized spacial score (nSPS) is 16.1. The summed E-state index contributed by atoms with van der Waals surface area (Å²) < 4.78 is 33.0. The van der Waals surface area contributed by atoms with Crippen LogP contribution in [0.25, 0.3) is 11.0 Å². The molecule has 0 spiro atoms. The van der Waals surface area contributed by atoms with Gasteiger partial charge in [0.25, 0.3) is 18.2 Å². The van der Waals surface area contributed by atoms with Crippen LogP contribution in [0, 0.1) is 0 Å². The first-order valence-electron chi connectivity index (χ1n) is 10.6. The summed E-state index contributed by atoms with van der Waals surface area (Å²) in [6, 6.07) is 10.4. The van der Waals surface area contributed by atoms with E-state index >= 15 is 0 Å². The molecule has 8 nitrogen and oxygen atoms in total. The van der Waals surface area contributed by atoms with Crippen molar-refractivity contribution >= 4 is 28.5 Å². The van der Waals surface area contributed by atoms with Crippen LogP contribution in [0.4, 0.5) is 14.5 Å². The minimum absolute atomic E-state index is 0.0169. The second-order valence-electron chi connectivity index (χ2n) is 7.82. The zero-order valence-corrected chi connectivity index (χ0v) is 18.0. The smallest absolute Gasteiger partial charge is 0.280 e. The van der Waals surface area contributed by atoms with Crippen LogP contribution in [0.2, 0.25) is 0 Å². The van der Waals surface area contributed by atoms with Gasteiger partial charge in [-0.15, -0.1) is 0 Å². The van der Waals surface area contributed by atoms with E-state index in [-0.39, 0.29) is 41.9 Å². The Labute approximate surface area is 188 Å². The van der Waals surface area contributed by atoms with Gasteiger partial charge in [-0.25, -0.2) is 8.78 Å². The van der Waals surface area contributed by atoms with E-state index in [2.05, 4.69) is 9.98 Å². The van der Waals surface area contributed by atoms with Crippen LogP contribution < -0.4 is 10.5 Å². The Morgan fingerprint density at radius 3 is 2.82 bits per heavy atom. The molecule has 4 rings (SSSR count). The number of aliphatic hydroxyl groups is 1. The van der Waals surface area contributed by atoms with Crippen molar-refractivity contribution in [3.8, 4) is 0 Å². The number of ether oxygens (including phenoxy) is 1. The number of benzene rings is 2. The lowest BCUT2D eigenvalue weighted by molar-refractivity contribution is -0.125. The summed E-state index contributed by atoms with van der Waals surface area (Å²) in [6.45, 7) is 2.70. The molecule has 3 aromatic rings. The van der Waals surface area contributed by atoms with Gasteiger partial charge in [-0.1, -0.05) is 12.1 Å². The monoisotopic (exact) mass is 458 g/mol. The minimum Gasteiger partial charge on any atom is -0.396 e. The number of amides is 2. The minimum atomic E-state index is -2.69. The van der Waals surface area contributed by atoms with Crippen molar-refractivity contribution in [3.63, 3.8) is 0 Å². The van der Waals surface area contributed by atoms with Crippen molar-refractivity contribution < 1.29 is 28.2 Å². The number of aromatic amines is 1. The Morgan fingerprint density at radius 2 is 2.09 bits per heavy atom. The number of fused-ring (bicyclic) bond motifs is 1. The van der Waals surface area contributed by atoms with Gasteiger partial charge >= 0.3 is 0 Å². The van der Waals surface area contributed by atoms with Crippen molar-refractivity contribution in [2.45, 2.75) is 25.8 Å². The lowest BCUT2D eigenvalue weighted by atomic mass is 10.1. The molecule has 10 heteroatoms. The summed E-state index contributed by atoms with van der Waals surface area (Å²) in [7, 11) is 0. The van der Waals surface area contributed by atoms with Gasteiger partial charge in [-0.3, -0.25) is 9.59 Å². The predicted octanol–water partition coefficient (Wildman–Crippen LogP) is 2.95. The maximum atomic E-state index is 13.0. The molecule has 33 heavy (non-hydrogen) atoms. The third-order valence-corrected chi connectivity index (χ3v) is 5.59. The quantitative estimate of drug-likeness (QED) is 0.593. The number of aromatic nitrogens is 2. The van der Waals surface area contributed by atoms with Crippen molar-refractivity contribution in [1.29, 1.82) is 0 Å². The van der Waals surface area contributed by atoms with Crippen molar-refractivity contribution in [2.75, 3.05) is 31.3 Å². The van der Waals surface area contributed by atoms with Crippen LogP contribution in [0.15, 0.2) is 47.5 Å². The molecule has 1 fully saturated rings. The molecule has 1 saturated heterocycles. The second kappa shape index (κ2) is 9.63. The van der Waals surface area contributed by atoms with Crippen LogP contribution >= 0.6 is 0 Å². The van der Waals surface area contributed by atoms with Crippen LogP contribution in [-0.4, -0.2) is 52.8 Å². The molecule has 1 aromatic heterocycles. The zero-order valence-electron chi connectivity index (χ0n) is 18.0. The van der Waals surface area contributed by atoms with Gasteiger partial charge in [0.15, 0.2) is 0 Å². The fourth-order valence-electron chi connectivity index (χ4n) is 3.90. The molecule has 2 aromatic carbocycles. The highest BCUT2D eigenvalue weighted by atomic mass is 19.3. The van der Waals surface area contributed by atoms with Crippen molar-refractivity contribution in [2.24, 2.45) is 4.99 Å². The fourth-order valence-corrected chi connectivity index (χ4v) is 3.90. The molecule has 0 bridgehead atoms. The van der Waals surface area contributed by atoms with E-state index in [0.29, 0.717) is 30.8 Å². The fraction of sp³-hybridized carbons (Fsp3) is 0.348. The summed E-state index contributed by atoms with van der Waals surface area (Å²) in [5, 5.41) is 9.44. The Morgan fingerprint density at radius 1 is 1.27 bits per heavy atom. The van der Waals surface area contributed by atoms with Crippen LogP contribution in [0.5, 0.6) is 0 Å². The number of halogens is 2. The topological polar surface area (TPSA) is 99.9 Å². The highest BCUT2D eigenvalue weighted by molar-refractivity contribution is 5.97. The molecule has 1 aliphatic heterocycles. The number of carbonyl (C=O) groups is 2. The second-order valence-corrected chi connectivity index (χ2v) is 7.82. The third kappa shape index (κ3) is 4.71. The van der Waals surface area contributed by atoms with Gasteiger partial charge in [0.2, 0.25) is 5.62 Å². The number of nitrogens with one attached hydrogen (secondary N) is 1. The first-order valence-corrected chi connectivity index (χ1v) is 10.6. The Hall–Kier alpha value is -3.37. The maximum Gasteiger partial charge on any atom is 0.280 e. The predicted molar refractivity (Wildman–Crippen MR) is 117 cm³/mol. The number of hydrogen-bond acceptors (Lipinski definition) is 4. The average Bonchev–Trinajstić information content (AvgIpc) is 3.16. The van der Waals surface area contributed by atoms with Crippen LogP contribution in [0.3, 0.4) is 0 Å². The van der Waals surface area contributed by atoms with E-state index in [1.807, 2.05) is 13.0 Å². The number of carbonyl (C=O) groups excluding carboxylic acids is 2. The van der Waals surface area contributed by atoms with Crippen LogP contribution in [-0.2, 0) is 9.53 Å². The molecule has 0 radical (unpaired) electrons. The summed E-state index contributed by atoms with van der Waals surface area (Å²) >= 11 is 0. The molecule has 0 aliphatic carbocycles. The van der Waals surface area contributed by atoms with Crippen LogP contribution in [0.1, 0.15) is 41.7 Å². The number of imidazole rings is 1. The van der Waals surface area contributed by atoms with E-state index < -0.39 is 12.3 Å². The van der Waals surface area contributed by atoms with E-state index in [1.54, 1.807) is 21.6 Å². The van der Waals surface area contributed by atoms with E-state index in [4.69, 9.17) is 4.74 Å². The average molecular weight is 458 g/mol. The Balaban J connectivity index is 1.80. The summed E-state index contributed by atoms with van der Waals surface area (Å²) in [5.74, 6) is -0.815. The number of anilines is 1. The molecule has 0 saturated carbocycles. The Kier molecular flexibility index (Phi) is 6.66. The number of hydrogen-bond donors (Lipinski definition) is 2. The van der Waals surface area contributed by atoms with Gasteiger partial charge < -0.3 is 24.3 Å². The summed E-state index contributed by atoms with van der Waals surface area (Å²) in [6.07, 6.45) is -2.28. The molecule has 1 aliphatic rings. The molecule has 2 amide bonds. The van der Waals surface area contributed by atoms with Gasteiger partial charge in [-0.2, -0.15) is 4.99 Å². The van der Waals surface area contributed by atoms with Gasteiger partial charge in [-0.05, 0) is 43.7 Å². The largest absolute Gasteiger partial charge is 0.396 e. The zero-order chi connectivity index (χ0) is 23.5. The molecular formula is C23H24F2N4O4. The van der Waals surface area contributed by atoms with Crippen molar-refractivity contribution in [3.05, 3.63) is 59.2 Å². The standard InChI is InChI=1S/C23H24F2N4O4/c1-14(7-9-30)29-19-6-5-17(28-8-10-33-13-20(28)31)12-18(19)26-23(29)27-22(32)16-4-2-3-15(11-16)21(24)25/h2-6,11-12,14,21,30H,7-10,13H2,1H3,(H,26,27,32)/t14-/m0/s1. The summed E-state index contributed by atoms with van der Waals surface area (Å²) in [4.78, 5) is 33.9. The number of nitrogens with zero attached hydrogens (tertiary/aromatic N) is 3. The van der Waals surface area contributed by atoms with Crippen molar-refractivity contribution in [1.82, 2.24) is 9.55 Å². The van der Waals surface area contributed by atoms with E-state index in [1.165, 1.54) is 18.2 Å². The number of aliphatic hydroxyl groups excluding tert-OH is 1. The lowest BCUT2D eigenvalue weighted by Gasteiger charge is -2.26. The molecule has 2 N–H and O–H groups in total. The molecule has 2 heterocycles. The molecule has 174 valence electrons. The number of alkyl halides is 2. The number of H-pyrrole nitrogens is 1. The Bertz CT molecular complexity index is 1250.